The van der Waals surface area contributed by atoms with Crippen molar-refractivity contribution in [1.29, 1.82) is 0 Å². The summed E-state index contributed by atoms with van der Waals surface area (Å²) in [5, 5.41) is 10.6. The Kier molecular flexibility index (Phi) is 6.29. The van der Waals surface area contributed by atoms with E-state index in [1.165, 1.54) is 37.1 Å². The van der Waals surface area contributed by atoms with Crippen molar-refractivity contribution in [2.45, 2.75) is 6.92 Å². The lowest BCUT2D eigenvalue weighted by molar-refractivity contribution is 0.0599. The molecule has 0 atom stereocenters. The van der Waals surface area contributed by atoms with Crippen LogP contribution in [0.1, 0.15) is 36.9 Å². The van der Waals surface area contributed by atoms with E-state index in [9.17, 15) is 14.4 Å². The Bertz CT molecular complexity index is 1120. The normalized spacial score (nSPS) is 10.3. The topological polar surface area (TPSA) is 122 Å². The molecule has 2 aromatic carbocycles. The number of carbonyl (C=O) groups is 3. The summed E-state index contributed by atoms with van der Waals surface area (Å²) in [4.78, 5) is 36.7. The molecule has 0 aliphatic rings. The summed E-state index contributed by atoms with van der Waals surface area (Å²) in [7, 11) is 3.98. The van der Waals surface area contributed by atoms with E-state index in [1.807, 2.05) is 0 Å². The van der Waals surface area contributed by atoms with Crippen molar-refractivity contribution in [2.75, 3.05) is 26.6 Å². The van der Waals surface area contributed by atoms with Gasteiger partial charge in [0.1, 0.15) is 5.75 Å². The highest BCUT2D eigenvalue weighted by molar-refractivity contribution is 6.05. The van der Waals surface area contributed by atoms with E-state index in [4.69, 9.17) is 14.2 Å². The van der Waals surface area contributed by atoms with Crippen molar-refractivity contribution in [3.05, 3.63) is 65.0 Å². The number of nitrogens with zero attached hydrogens (tertiary/aromatic N) is 3. The average Bonchev–Trinajstić information content (AvgIpc) is 3.19. The lowest BCUT2D eigenvalue weighted by atomic mass is 10.1. The number of methoxy groups -OCH3 is 3. The number of ether oxygens (including phenoxy) is 3. The number of aromatic nitrogens is 3. The van der Waals surface area contributed by atoms with E-state index < -0.39 is 17.8 Å². The Hall–Kier alpha value is -4.21. The number of esters is 2. The molecule has 1 heterocycles. The molecule has 10 heteroatoms. The van der Waals surface area contributed by atoms with Crippen LogP contribution in [0.15, 0.2) is 42.5 Å². The van der Waals surface area contributed by atoms with Crippen LogP contribution in [-0.4, -0.2) is 54.2 Å². The van der Waals surface area contributed by atoms with Gasteiger partial charge in [-0.15, -0.1) is 5.10 Å². The highest BCUT2D eigenvalue weighted by atomic mass is 16.5. The summed E-state index contributed by atoms with van der Waals surface area (Å²) in [5.41, 5.74) is 1.59. The lowest BCUT2D eigenvalue weighted by Crippen LogP contribution is -2.16. The maximum atomic E-state index is 12.8. The standard InChI is InChI=1S/C21H20N4O6/c1-12-18(23-24-25(12)16-6-5-7-17(11-16)29-2)19(26)22-15-9-13(20(27)30-3)8-14(10-15)21(28)31-4/h5-11H,1-4H3,(H,22,26). The number of nitrogens with one attached hydrogen (secondary N) is 1. The molecule has 1 N–H and O–H groups in total. The molecule has 31 heavy (non-hydrogen) atoms. The average molecular weight is 424 g/mol. The number of benzene rings is 2. The molecule has 0 unspecified atom stereocenters. The van der Waals surface area contributed by atoms with Gasteiger partial charge in [0.25, 0.3) is 5.91 Å². The number of amides is 1. The number of hydrogen-bond donors (Lipinski definition) is 1. The molecule has 160 valence electrons. The van der Waals surface area contributed by atoms with E-state index in [0.29, 0.717) is 17.1 Å². The summed E-state index contributed by atoms with van der Waals surface area (Å²) >= 11 is 0. The zero-order chi connectivity index (χ0) is 22.5. The van der Waals surface area contributed by atoms with Crippen LogP contribution in [0, 0.1) is 6.92 Å². The van der Waals surface area contributed by atoms with Crippen molar-refractivity contribution in [3.63, 3.8) is 0 Å². The van der Waals surface area contributed by atoms with Gasteiger partial charge in [-0.05, 0) is 37.3 Å². The first-order chi connectivity index (χ1) is 14.9. The lowest BCUT2D eigenvalue weighted by Gasteiger charge is -2.09. The molecule has 0 aliphatic carbocycles. The van der Waals surface area contributed by atoms with Crippen LogP contribution in [-0.2, 0) is 9.47 Å². The quantitative estimate of drug-likeness (QED) is 0.599. The van der Waals surface area contributed by atoms with Gasteiger partial charge in [-0.2, -0.15) is 0 Å². The zero-order valence-corrected chi connectivity index (χ0v) is 17.3. The Morgan fingerprint density at radius 1 is 0.935 bits per heavy atom. The fourth-order valence-electron chi connectivity index (χ4n) is 2.89. The summed E-state index contributed by atoms with van der Waals surface area (Å²) in [6, 6.07) is 11.2. The minimum absolute atomic E-state index is 0.0749. The van der Waals surface area contributed by atoms with Crippen molar-refractivity contribution in [3.8, 4) is 11.4 Å². The zero-order valence-electron chi connectivity index (χ0n) is 17.3. The first-order valence-corrected chi connectivity index (χ1v) is 9.07. The molecule has 0 radical (unpaired) electrons. The van der Waals surface area contributed by atoms with Crippen molar-refractivity contribution < 1.29 is 28.6 Å². The third kappa shape index (κ3) is 4.53. The maximum absolute atomic E-state index is 12.8. The fraction of sp³-hybridized carbons (Fsp3) is 0.190. The van der Waals surface area contributed by atoms with Gasteiger partial charge in [0.2, 0.25) is 0 Å². The second-order valence-electron chi connectivity index (χ2n) is 6.37. The molecule has 3 rings (SSSR count). The van der Waals surface area contributed by atoms with E-state index in [2.05, 4.69) is 15.6 Å². The van der Waals surface area contributed by atoms with Gasteiger partial charge in [-0.3, -0.25) is 4.79 Å². The summed E-state index contributed by atoms with van der Waals surface area (Å²) in [6.45, 7) is 1.69. The summed E-state index contributed by atoms with van der Waals surface area (Å²) < 4.78 is 16.1. The minimum atomic E-state index is -0.665. The van der Waals surface area contributed by atoms with Crippen LogP contribution in [0.5, 0.6) is 5.75 Å². The number of hydrogen-bond acceptors (Lipinski definition) is 8. The number of rotatable bonds is 6. The van der Waals surface area contributed by atoms with Gasteiger partial charge in [0, 0.05) is 11.8 Å². The molecule has 10 nitrogen and oxygen atoms in total. The first kappa shape index (κ1) is 21.5. The second-order valence-corrected chi connectivity index (χ2v) is 6.37. The van der Waals surface area contributed by atoms with Gasteiger partial charge >= 0.3 is 11.9 Å². The molecule has 0 saturated carbocycles. The van der Waals surface area contributed by atoms with Crippen LogP contribution in [0.2, 0.25) is 0 Å². The molecule has 0 aliphatic heterocycles. The maximum Gasteiger partial charge on any atom is 0.337 e. The monoisotopic (exact) mass is 424 g/mol. The van der Waals surface area contributed by atoms with Gasteiger partial charge < -0.3 is 19.5 Å². The van der Waals surface area contributed by atoms with Crippen LogP contribution < -0.4 is 10.1 Å². The van der Waals surface area contributed by atoms with Gasteiger partial charge in [-0.25, -0.2) is 14.3 Å². The SMILES string of the molecule is COC(=O)c1cc(NC(=O)c2nnn(-c3cccc(OC)c3)c2C)cc(C(=O)OC)c1. The van der Waals surface area contributed by atoms with Crippen molar-refractivity contribution >= 4 is 23.5 Å². The summed E-state index contributed by atoms with van der Waals surface area (Å²) in [5.74, 6) is -1.26. The van der Waals surface area contributed by atoms with E-state index >= 15 is 0 Å². The molecule has 0 bridgehead atoms. The molecular weight excluding hydrogens is 404 g/mol. The van der Waals surface area contributed by atoms with Gasteiger partial charge in [-0.1, -0.05) is 11.3 Å². The number of carbonyl (C=O) groups excluding carboxylic acids is 3. The van der Waals surface area contributed by atoms with Crippen molar-refractivity contribution in [1.82, 2.24) is 15.0 Å². The predicted octanol–water partition coefficient (Wildman–Crippen LogP) is 2.41. The Morgan fingerprint density at radius 3 is 2.16 bits per heavy atom. The largest absolute Gasteiger partial charge is 0.497 e. The molecule has 0 fully saturated rings. The van der Waals surface area contributed by atoms with Gasteiger partial charge in [0.05, 0.1) is 43.8 Å². The third-order valence-corrected chi connectivity index (χ3v) is 4.44. The van der Waals surface area contributed by atoms with Gasteiger partial charge in [0.15, 0.2) is 5.69 Å². The van der Waals surface area contributed by atoms with Crippen LogP contribution in [0.4, 0.5) is 5.69 Å². The van der Waals surface area contributed by atoms with E-state index in [-0.39, 0.29) is 22.5 Å². The molecule has 1 aromatic heterocycles. The van der Waals surface area contributed by atoms with Crippen LogP contribution >= 0.6 is 0 Å². The van der Waals surface area contributed by atoms with Crippen LogP contribution in [0.25, 0.3) is 5.69 Å². The molecule has 0 saturated heterocycles. The molecule has 0 spiro atoms. The predicted molar refractivity (Wildman–Crippen MR) is 110 cm³/mol. The third-order valence-electron chi connectivity index (χ3n) is 4.44. The summed E-state index contributed by atoms with van der Waals surface area (Å²) in [6.07, 6.45) is 0. The molecule has 3 aromatic rings. The molecular formula is C21H20N4O6. The molecule has 1 amide bonds. The van der Waals surface area contributed by atoms with E-state index in [0.717, 1.165) is 0 Å². The first-order valence-electron chi connectivity index (χ1n) is 9.07. The van der Waals surface area contributed by atoms with Crippen molar-refractivity contribution in [2.24, 2.45) is 0 Å². The Morgan fingerprint density at radius 2 is 1.58 bits per heavy atom. The highest BCUT2D eigenvalue weighted by Crippen LogP contribution is 2.20. The minimum Gasteiger partial charge on any atom is -0.497 e. The number of anilines is 1. The Balaban J connectivity index is 1.92. The fourth-order valence-corrected chi connectivity index (χ4v) is 2.89. The van der Waals surface area contributed by atoms with E-state index in [1.54, 1.807) is 38.3 Å². The smallest absolute Gasteiger partial charge is 0.337 e. The highest BCUT2D eigenvalue weighted by Gasteiger charge is 2.20. The second kappa shape index (κ2) is 9.08. The Labute approximate surface area is 177 Å². The van der Waals surface area contributed by atoms with Crippen LogP contribution in [0.3, 0.4) is 0 Å².